The van der Waals surface area contributed by atoms with Crippen molar-refractivity contribution in [2.24, 2.45) is 7.05 Å². The number of nitrogens with zero attached hydrogens (tertiary/aromatic N) is 1. The molecule has 1 aromatic heterocycles. The Morgan fingerprint density at radius 2 is 2.11 bits per heavy atom. The van der Waals surface area contributed by atoms with E-state index in [0.29, 0.717) is 19.5 Å². The molecule has 0 aliphatic heterocycles. The molecule has 1 heterocycles. The highest BCUT2D eigenvalue weighted by atomic mass is 16.1. The van der Waals surface area contributed by atoms with Gasteiger partial charge in [0, 0.05) is 50.2 Å². The topological polar surface area (TPSA) is 46.1 Å². The molecule has 2 N–H and O–H groups in total. The second-order valence-corrected chi connectivity index (χ2v) is 4.66. The Balaban J connectivity index is 1.90. The van der Waals surface area contributed by atoms with Crippen LogP contribution in [-0.4, -0.2) is 23.6 Å². The lowest BCUT2D eigenvalue weighted by molar-refractivity contribution is -0.120. The van der Waals surface area contributed by atoms with Gasteiger partial charge in [-0.1, -0.05) is 18.2 Å². The maximum absolute atomic E-state index is 11.3. The van der Waals surface area contributed by atoms with Gasteiger partial charge in [0.2, 0.25) is 5.91 Å². The number of carbonyl (C=O) groups is 1. The van der Waals surface area contributed by atoms with Crippen LogP contribution >= 0.6 is 0 Å². The lowest BCUT2D eigenvalue weighted by Crippen LogP contribution is -2.27. The smallest absolute Gasteiger partial charge is 0.221 e. The van der Waals surface area contributed by atoms with Gasteiger partial charge in [0.05, 0.1) is 0 Å². The molecular formula is C15H21N3O. The number of hydrogen-bond donors (Lipinski definition) is 2. The van der Waals surface area contributed by atoms with Gasteiger partial charge in [-0.15, -0.1) is 0 Å². The summed E-state index contributed by atoms with van der Waals surface area (Å²) in [5.41, 5.74) is 2.51. The quantitative estimate of drug-likeness (QED) is 0.777. The third-order valence-corrected chi connectivity index (χ3v) is 3.20. The van der Waals surface area contributed by atoms with E-state index in [4.69, 9.17) is 0 Å². The van der Waals surface area contributed by atoms with E-state index in [0.717, 1.165) is 6.54 Å². The van der Waals surface area contributed by atoms with Crippen molar-refractivity contribution >= 4 is 16.8 Å². The lowest BCUT2D eigenvalue weighted by atomic mass is 10.2. The molecule has 1 amide bonds. The normalized spacial score (nSPS) is 10.8. The minimum atomic E-state index is 0.105. The molecule has 0 spiro atoms. The van der Waals surface area contributed by atoms with Crippen LogP contribution in [0.15, 0.2) is 30.5 Å². The average Bonchev–Trinajstić information content (AvgIpc) is 2.73. The molecule has 102 valence electrons. The number of benzene rings is 1. The first-order chi connectivity index (χ1) is 9.22. The van der Waals surface area contributed by atoms with Crippen molar-refractivity contribution in [3.63, 3.8) is 0 Å². The highest BCUT2D eigenvalue weighted by Crippen LogP contribution is 2.19. The predicted molar refractivity (Wildman–Crippen MR) is 77.9 cm³/mol. The fraction of sp³-hybridized carbons (Fsp3) is 0.400. The van der Waals surface area contributed by atoms with E-state index in [-0.39, 0.29) is 5.91 Å². The van der Waals surface area contributed by atoms with Crippen LogP contribution < -0.4 is 10.6 Å². The number of para-hydroxylation sites is 1. The van der Waals surface area contributed by atoms with Crippen molar-refractivity contribution in [3.8, 4) is 0 Å². The molecule has 2 aromatic rings. The molecule has 0 bridgehead atoms. The fourth-order valence-corrected chi connectivity index (χ4v) is 2.28. The van der Waals surface area contributed by atoms with E-state index in [2.05, 4.69) is 52.7 Å². The Hall–Kier alpha value is -1.81. The first-order valence-corrected chi connectivity index (χ1v) is 6.72. The molecule has 2 rings (SSSR count). The highest BCUT2D eigenvalue weighted by Gasteiger charge is 2.05. The van der Waals surface area contributed by atoms with Crippen molar-refractivity contribution in [3.05, 3.63) is 36.0 Å². The van der Waals surface area contributed by atoms with Crippen molar-refractivity contribution < 1.29 is 4.79 Å². The van der Waals surface area contributed by atoms with Crippen molar-refractivity contribution in [1.29, 1.82) is 0 Å². The van der Waals surface area contributed by atoms with E-state index in [1.807, 2.05) is 6.92 Å². The predicted octanol–water partition coefficient (Wildman–Crippen LogP) is 1.79. The molecule has 19 heavy (non-hydrogen) atoms. The van der Waals surface area contributed by atoms with E-state index in [1.54, 1.807) is 0 Å². The lowest BCUT2D eigenvalue weighted by Gasteiger charge is -2.04. The summed E-state index contributed by atoms with van der Waals surface area (Å²) in [6, 6.07) is 8.36. The Bertz CT molecular complexity index is 560. The second kappa shape index (κ2) is 6.38. The number of fused-ring (bicyclic) bond motifs is 1. The van der Waals surface area contributed by atoms with Crippen molar-refractivity contribution in [1.82, 2.24) is 15.2 Å². The van der Waals surface area contributed by atoms with Gasteiger partial charge in [0.15, 0.2) is 0 Å². The molecule has 0 unspecified atom stereocenters. The first-order valence-electron chi connectivity index (χ1n) is 6.72. The first kappa shape index (κ1) is 13.6. The number of rotatable bonds is 6. The summed E-state index contributed by atoms with van der Waals surface area (Å²) in [4.78, 5) is 11.3. The van der Waals surface area contributed by atoms with Crippen LogP contribution in [0.5, 0.6) is 0 Å². The third-order valence-electron chi connectivity index (χ3n) is 3.20. The number of aryl methyl sites for hydroxylation is 1. The van der Waals surface area contributed by atoms with Gasteiger partial charge >= 0.3 is 0 Å². The molecular weight excluding hydrogens is 238 g/mol. The summed E-state index contributed by atoms with van der Waals surface area (Å²) in [5, 5.41) is 7.39. The number of hydrogen-bond acceptors (Lipinski definition) is 2. The molecule has 1 aromatic carbocycles. The summed E-state index contributed by atoms with van der Waals surface area (Å²) < 4.78 is 2.14. The molecule has 0 fully saturated rings. The van der Waals surface area contributed by atoms with Crippen LogP contribution in [0.2, 0.25) is 0 Å². The minimum Gasteiger partial charge on any atom is -0.356 e. The molecule has 4 heteroatoms. The average molecular weight is 259 g/mol. The zero-order valence-corrected chi connectivity index (χ0v) is 11.6. The van der Waals surface area contributed by atoms with Gasteiger partial charge in [0.1, 0.15) is 0 Å². The summed E-state index contributed by atoms with van der Waals surface area (Å²) in [6.07, 6.45) is 2.67. The van der Waals surface area contributed by atoms with E-state index in [1.165, 1.54) is 16.5 Å². The van der Waals surface area contributed by atoms with Crippen LogP contribution in [-0.2, 0) is 18.4 Å². The Morgan fingerprint density at radius 3 is 2.89 bits per heavy atom. The second-order valence-electron chi connectivity index (χ2n) is 4.66. The molecule has 0 radical (unpaired) electrons. The van der Waals surface area contributed by atoms with Crippen LogP contribution in [0, 0.1) is 0 Å². The molecule has 0 aliphatic rings. The summed E-state index contributed by atoms with van der Waals surface area (Å²) in [6.45, 7) is 4.12. The van der Waals surface area contributed by atoms with Gasteiger partial charge < -0.3 is 15.2 Å². The van der Waals surface area contributed by atoms with E-state index in [9.17, 15) is 4.79 Å². The maximum Gasteiger partial charge on any atom is 0.221 e. The summed E-state index contributed by atoms with van der Waals surface area (Å²) in [7, 11) is 2.06. The number of carbonyl (C=O) groups excluding carboxylic acids is 1. The number of aromatic nitrogens is 1. The summed E-state index contributed by atoms with van der Waals surface area (Å²) in [5.74, 6) is 0.105. The number of amides is 1. The molecule has 4 nitrogen and oxygen atoms in total. The maximum atomic E-state index is 11.3. The number of nitrogens with one attached hydrogen (secondary N) is 2. The van der Waals surface area contributed by atoms with Gasteiger partial charge in [0.25, 0.3) is 0 Å². The van der Waals surface area contributed by atoms with Gasteiger partial charge in [-0.2, -0.15) is 0 Å². The van der Waals surface area contributed by atoms with E-state index < -0.39 is 0 Å². The monoisotopic (exact) mass is 259 g/mol. The van der Waals surface area contributed by atoms with Crippen molar-refractivity contribution in [2.75, 3.05) is 13.1 Å². The Kier molecular flexibility index (Phi) is 4.58. The standard InChI is InChI=1S/C15H21N3O/c1-3-17-15(19)8-9-16-10-12-11-18(2)14-7-5-4-6-13(12)14/h4-7,11,16H,3,8-10H2,1-2H3,(H,17,19). The van der Waals surface area contributed by atoms with Crippen molar-refractivity contribution in [2.45, 2.75) is 19.9 Å². The van der Waals surface area contributed by atoms with Gasteiger partial charge in [-0.25, -0.2) is 0 Å². The third kappa shape index (κ3) is 3.35. The Morgan fingerprint density at radius 1 is 1.32 bits per heavy atom. The SMILES string of the molecule is CCNC(=O)CCNCc1cn(C)c2ccccc12. The largest absolute Gasteiger partial charge is 0.356 e. The van der Waals surface area contributed by atoms with Crippen LogP contribution in [0.1, 0.15) is 18.9 Å². The molecule has 0 aliphatic carbocycles. The zero-order chi connectivity index (χ0) is 13.7. The fourth-order valence-electron chi connectivity index (χ4n) is 2.28. The molecule has 0 saturated carbocycles. The molecule has 0 atom stereocenters. The minimum absolute atomic E-state index is 0.105. The van der Waals surface area contributed by atoms with Crippen LogP contribution in [0.25, 0.3) is 10.9 Å². The molecule has 0 saturated heterocycles. The summed E-state index contributed by atoms with van der Waals surface area (Å²) >= 11 is 0. The van der Waals surface area contributed by atoms with E-state index >= 15 is 0 Å². The Labute approximate surface area is 113 Å². The van der Waals surface area contributed by atoms with Gasteiger partial charge in [-0.3, -0.25) is 4.79 Å². The van der Waals surface area contributed by atoms with Gasteiger partial charge in [-0.05, 0) is 18.6 Å². The van der Waals surface area contributed by atoms with Crippen LogP contribution in [0.4, 0.5) is 0 Å². The highest BCUT2D eigenvalue weighted by molar-refractivity contribution is 5.83. The zero-order valence-electron chi connectivity index (χ0n) is 11.6. The van der Waals surface area contributed by atoms with Crippen LogP contribution in [0.3, 0.4) is 0 Å².